The number of aliphatic hydroxyl groups excluding tert-OH is 2. The van der Waals surface area contributed by atoms with Gasteiger partial charge < -0.3 is 46.1 Å². The van der Waals surface area contributed by atoms with Crippen molar-refractivity contribution < 1.29 is 29.6 Å². The number of nitrogens with two attached hydrogens (primary N) is 1. The van der Waals surface area contributed by atoms with Gasteiger partial charge in [-0.2, -0.15) is 0 Å². The third kappa shape index (κ3) is 8.70. The monoisotopic (exact) mass is 853 g/mol. The second-order valence-electron chi connectivity index (χ2n) is 18.6. The van der Waals surface area contributed by atoms with Gasteiger partial charge in [0.15, 0.2) is 22.5 Å². The molecule has 15 nitrogen and oxygen atoms in total. The normalized spacial score (nSPS) is 26.4. The fraction of sp³-hybridized carbons (Fsp3) is 0.556. The van der Waals surface area contributed by atoms with Crippen LogP contribution >= 0.6 is 11.3 Å². The number of carboxylic acids is 1. The Hall–Kier alpha value is -4.74. The zero-order valence-corrected chi connectivity index (χ0v) is 36.7. The highest BCUT2D eigenvalue weighted by atomic mass is 32.1. The van der Waals surface area contributed by atoms with Gasteiger partial charge in [-0.15, -0.1) is 10.2 Å². The molecule has 0 saturated heterocycles. The molecule has 5 aliphatic rings. The van der Waals surface area contributed by atoms with Gasteiger partial charge >= 0.3 is 5.97 Å². The van der Waals surface area contributed by atoms with Gasteiger partial charge in [-0.05, 0) is 119 Å². The molecule has 3 aromatic heterocycles. The molecule has 61 heavy (non-hydrogen) atoms. The number of allylic oxidation sites excluding steroid dienone is 1. The zero-order chi connectivity index (χ0) is 43.2. The quantitative estimate of drug-likeness (QED) is 0.0491. The first-order valence-electron chi connectivity index (χ1n) is 21.4. The molecule has 4 heterocycles. The SMILES string of the molecule is COc1ccc2sc(Nc3nnc4c(c3C)CCCN4c3ccc(/C(=C/N)C(C)=NCC45CC6(C)CC(C)(C4)CC(OCCNCC[C@H](O)CO)(C6)C5)c(C(=O)O)n3)nc2c1. The number of ether oxygens (including phenoxy) is 2. The number of methoxy groups -OCH3 is 1. The van der Waals surface area contributed by atoms with Gasteiger partial charge in [-0.1, -0.05) is 25.2 Å². The lowest BCUT2D eigenvalue weighted by Crippen LogP contribution is -2.64. The van der Waals surface area contributed by atoms with Crippen LogP contribution < -0.4 is 26.0 Å². The van der Waals surface area contributed by atoms with Crippen molar-refractivity contribution >= 4 is 61.4 Å². The maximum absolute atomic E-state index is 12.9. The first-order valence-corrected chi connectivity index (χ1v) is 22.2. The van der Waals surface area contributed by atoms with Crippen molar-refractivity contribution in [3.05, 3.63) is 58.9 Å². The molecule has 2 unspecified atom stereocenters. The standard InChI is InChI=1S/C45H59N9O6S/c1-27-31-7-6-15-54(39(31)53-52-38(27)51-41-49-34-17-30(59-5)8-10-35(34)61-41)36-11-9-32(37(50-36)40(57)58)33(18-46)28(2)48-26-44-21-42(3)20-43(4,22-44)24-45(23-42,25-44)60-16-14-47-13-12-29(56)19-55/h8-11,17-18,29,47,55-56H,6-7,12-16,19-26,46H2,1-5H3,(H,57,58)(H,49,51,52)/b33-18+,48-28?/t29-,42?,43?,44?,45?/m0/s1. The van der Waals surface area contributed by atoms with Crippen molar-refractivity contribution in [1.82, 2.24) is 25.5 Å². The molecule has 4 saturated carbocycles. The van der Waals surface area contributed by atoms with Crippen LogP contribution in [0.2, 0.25) is 0 Å². The highest BCUT2D eigenvalue weighted by Crippen LogP contribution is 2.71. The van der Waals surface area contributed by atoms with Gasteiger partial charge in [0, 0.05) is 59.9 Å². The summed E-state index contributed by atoms with van der Waals surface area (Å²) in [5, 5.41) is 46.0. The molecule has 4 aliphatic carbocycles. The highest BCUT2D eigenvalue weighted by Gasteiger charge is 2.66. The summed E-state index contributed by atoms with van der Waals surface area (Å²) in [7, 11) is 1.63. The summed E-state index contributed by atoms with van der Waals surface area (Å²) in [6.45, 7) is 11.6. The molecular weight excluding hydrogens is 795 g/mol. The van der Waals surface area contributed by atoms with Crippen molar-refractivity contribution in [3.63, 3.8) is 0 Å². The number of pyridine rings is 1. The summed E-state index contributed by atoms with van der Waals surface area (Å²) in [6.07, 6.45) is 9.16. The molecule has 3 atom stereocenters. The van der Waals surface area contributed by atoms with Crippen LogP contribution in [-0.2, 0) is 11.2 Å². The van der Waals surface area contributed by atoms with E-state index in [-0.39, 0.29) is 34.1 Å². The van der Waals surface area contributed by atoms with E-state index in [0.717, 1.165) is 72.0 Å². The van der Waals surface area contributed by atoms with Crippen molar-refractivity contribution in [3.8, 4) is 5.75 Å². The van der Waals surface area contributed by atoms with E-state index in [1.54, 1.807) is 13.2 Å². The Morgan fingerprint density at radius 2 is 1.87 bits per heavy atom. The van der Waals surface area contributed by atoms with Gasteiger partial charge in [-0.25, -0.2) is 14.8 Å². The Morgan fingerprint density at radius 1 is 1.08 bits per heavy atom. The lowest BCUT2D eigenvalue weighted by molar-refractivity contribution is -0.241. The number of rotatable bonds is 17. The van der Waals surface area contributed by atoms with E-state index < -0.39 is 12.1 Å². The smallest absolute Gasteiger partial charge is 0.355 e. The fourth-order valence-corrected chi connectivity index (χ4v) is 12.7. The molecular formula is C45H59N9O6S. The molecule has 326 valence electrons. The topological polar surface area (TPSA) is 213 Å². The number of anilines is 4. The molecule has 1 aliphatic heterocycles. The number of nitrogens with zero attached hydrogens (tertiary/aromatic N) is 6. The molecule has 0 radical (unpaired) electrons. The van der Waals surface area contributed by atoms with Crippen molar-refractivity contribution in [2.75, 3.05) is 56.7 Å². The van der Waals surface area contributed by atoms with Crippen molar-refractivity contribution in [1.29, 1.82) is 0 Å². The van der Waals surface area contributed by atoms with Crippen LogP contribution in [0.1, 0.15) is 99.3 Å². The zero-order valence-electron chi connectivity index (χ0n) is 35.9. The number of hydrogen-bond donors (Lipinski definition) is 6. The molecule has 7 N–H and O–H groups in total. The second-order valence-corrected chi connectivity index (χ2v) is 19.7. The van der Waals surface area contributed by atoms with Crippen LogP contribution in [0.5, 0.6) is 5.75 Å². The minimum Gasteiger partial charge on any atom is -0.497 e. The first kappa shape index (κ1) is 42.9. The van der Waals surface area contributed by atoms with Crippen LogP contribution in [0.15, 0.2) is 41.5 Å². The van der Waals surface area contributed by atoms with Crippen LogP contribution in [-0.4, -0.2) is 105 Å². The Balaban J connectivity index is 0.993. The van der Waals surface area contributed by atoms with E-state index in [2.05, 4.69) is 34.7 Å². The van der Waals surface area contributed by atoms with E-state index in [0.29, 0.717) is 78.6 Å². The third-order valence-corrected chi connectivity index (χ3v) is 14.2. The van der Waals surface area contributed by atoms with E-state index in [9.17, 15) is 15.0 Å². The molecule has 4 fully saturated rings. The first-order chi connectivity index (χ1) is 29.2. The average molecular weight is 854 g/mol. The van der Waals surface area contributed by atoms with Crippen LogP contribution in [0.4, 0.5) is 22.6 Å². The maximum Gasteiger partial charge on any atom is 0.355 e. The predicted octanol–water partition coefficient (Wildman–Crippen LogP) is 6.55. The molecule has 1 aromatic carbocycles. The fourth-order valence-electron chi connectivity index (χ4n) is 11.8. The number of aliphatic imine (C=N–C) groups is 1. The number of carboxylic acid groups (broad SMARTS) is 1. The highest BCUT2D eigenvalue weighted by molar-refractivity contribution is 7.22. The van der Waals surface area contributed by atoms with Gasteiger partial charge in [0.2, 0.25) is 0 Å². The molecule has 9 rings (SSSR count). The van der Waals surface area contributed by atoms with E-state index >= 15 is 0 Å². The Bertz CT molecular complexity index is 2350. The summed E-state index contributed by atoms with van der Waals surface area (Å²) in [5.74, 6) is 1.33. The Labute approximate surface area is 360 Å². The Morgan fingerprint density at radius 3 is 2.59 bits per heavy atom. The maximum atomic E-state index is 12.9. The Kier molecular flexibility index (Phi) is 11.9. The number of nitrogens with one attached hydrogen (secondary N) is 2. The van der Waals surface area contributed by atoms with Crippen molar-refractivity contribution in [2.24, 2.45) is 27.0 Å². The van der Waals surface area contributed by atoms with E-state index in [1.807, 2.05) is 43.0 Å². The summed E-state index contributed by atoms with van der Waals surface area (Å²) >= 11 is 1.53. The predicted molar refractivity (Wildman–Crippen MR) is 238 cm³/mol. The average Bonchev–Trinajstić information content (AvgIpc) is 3.62. The summed E-state index contributed by atoms with van der Waals surface area (Å²) in [6, 6.07) is 9.42. The van der Waals surface area contributed by atoms with Crippen molar-refractivity contribution in [2.45, 2.75) is 97.2 Å². The van der Waals surface area contributed by atoms with E-state index in [1.165, 1.54) is 24.0 Å². The minimum absolute atomic E-state index is 0.0473. The number of aromatic nitrogens is 4. The van der Waals surface area contributed by atoms with Gasteiger partial charge in [0.1, 0.15) is 11.6 Å². The molecule has 4 bridgehead atoms. The van der Waals surface area contributed by atoms with Crippen LogP contribution in [0, 0.1) is 23.2 Å². The van der Waals surface area contributed by atoms with Crippen LogP contribution in [0.3, 0.4) is 0 Å². The van der Waals surface area contributed by atoms with Gasteiger partial charge in [0.25, 0.3) is 0 Å². The number of aliphatic hydroxyl groups is 2. The number of thiazole rings is 1. The number of benzene rings is 1. The molecule has 16 heteroatoms. The molecule has 0 spiro atoms. The number of hydrogen-bond acceptors (Lipinski definition) is 15. The van der Waals surface area contributed by atoms with Gasteiger partial charge in [0.05, 0.1) is 42.2 Å². The number of fused-ring (bicyclic) bond motifs is 2. The van der Waals surface area contributed by atoms with Crippen LogP contribution in [0.25, 0.3) is 15.8 Å². The largest absolute Gasteiger partial charge is 0.497 e. The lowest BCUT2D eigenvalue weighted by atomic mass is 9.39. The summed E-state index contributed by atoms with van der Waals surface area (Å²) < 4.78 is 13.2. The number of aromatic carboxylic acids is 1. The second kappa shape index (κ2) is 16.9. The summed E-state index contributed by atoms with van der Waals surface area (Å²) in [4.78, 5) is 29.5. The number of carbonyl (C=O) groups is 1. The third-order valence-electron chi connectivity index (χ3n) is 13.3. The minimum atomic E-state index is -1.16. The van der Waals surface area contributed by atoms with E-state index in [4.69, 9.17) is 35.3 Å². The molecule has 4 aromatic rings. The molecule has 0 amide bonds. The van der Waals surface area contributed by atoms with Gasteiger partial charge in [-0.3, -0.25) is 4.99 Å². The lowest BCUT2D eigenvalue weighted by Gasteiger charge is -2.69. The summed E-state index contributed by atoms with van der Waals surface area (Å²) in [5.41, 5.74) is 10.6.